The number of imide groups is 1. The Morgan fingerprint density at radius 1 is 1.18 bits per heavy atom. The number of nitrogens with zero attached hydrogens (tertiary/aromatic N) is 1. The molecule has 1 N–H and O–H groups in total. The van der Waals surface area contributed by atoms with E-state index >= 15 is 0 Å². The van der Waals surface area contributed by atoms with Crippen LogP contribution >= 0.6 is 0 Å². The van der Waals surface area contributed by atoms with Gasteiger partial charge in [-0.3, -0.25) is 9.59 Å². The Labute approximate surface area is 127 Å². The van der Waals surface area contributed by atoms with E-state index < -0.39 is 36.1 Å². The number of aliphatic hydroxyl groups is 1. The molecule has 0 bridgehead atoms. The molecule has 1 atom stereocenters. The molecule has 0 saturated heterocycles. The SMILES string of the molecule is CC(C)(C)OC(=O)[C@@H](CO)ON1C(=O)c2ccccc2C1=O. The lowest BCUT2D eigenvalue weighted by atomic mass is 10.1. The second kappa shape index (κ2) is 5.86. The first-order valence-electron chi connectivity index (χ1n) is 6.73. The van der Waals surface area contributed by atoms with Crippen molar-refractivity contribution < 1.29 is 29.1 Å². The molecule has 22 heavy (non-hydrogen) atoms. The molecule has 7 heteroatoms. The molecule has 1 aromatic carbocycles. The number of fused-ring (bicyclic) bond motifs is 1. The summed E-state index contributed by atoms with van der Waals surface area (Å²) in [4.78, 5) is 41.2. The van der Waals surface area contributed by atoms with E-state index in [2.05, 4.69) is 0 Å². The molecular weight excluding hydrogens is 290 g/mol. The fourth-order valence-corrected chi connectivity index (χ4v) is 1.91. The van der Waals surface area contributed by atoms with Gasteiger partial charge in [0.25, 0.3) is 11.8 Å². The number of esters is 1. The van der Waals surface area contributed by atoms with Gasteiger partial charge >= 0.3 is 5.97 Å². The van der Waals surface area contributed by atoms with E-state index in [1.54, 1.807) is 32.9 Å². The molecule has 2 rings (SSSR count). The number of aliphatic hydroxyl groups excluding tert-OH is 1. The van der Waals surface area contributed by atoms with Crippen LogP contribution in [0.1, 0.15) is 41.5 Å². The third kappa shape index (κ3) is 3.15. The molecule has 118 valence electrons. The molecule has 1 aromatic rings. The third-order valence-corrected chi connectivity index (χ3v) is 2.82. The number of hydrogen-bond donors (Lipinski definition) is 1. The molecule has 0 unspecified atom stereocenters. The Bertz CT molecular complexity index is 584. The van der Waals surface area contributed by atoms with Crippen LogP contribution in [0.5, 0.6) is 0 Å². The Balaban J connectivity index is 2.15. The Kier molecular flexibility index (Phi) is 4.30. The normalized spacial score (nSPS) is 15.7. The molecular formula is C15H17NO6. The molecule has 0 radical (unpaired) electrons. The molecule has 1 aliphatic rings. The van der Waals surface area contributed by atoms with E-state index in [9.17, 15) is 19.5 Å². The van der Waals surface area contributed by atoms with Crippen LogP contribution < -0.4 is 0 Å². The zero-order valence-corrected chi connectivity index (χ0v) is 12.5. The summed E-state index contributed by atoms with van der Waals surface area (Å²) in [6.45, 7) is 4.24. The van der Waals surface area contributed by atoms with E-state index in [1.807, 2.05) is 0 Å². The number of carbonyl (C=O) groups is 3. The first-order valence-corrected chi connectivity index (χ1v) is 6.73. The lowest BCUT2D eigenvalue weighted by molar-refractivity contribution is -0.194. The summed E-state index contributed by atoms with van der Waals surface area (Å²) in [5.41, 5.74) is -0.405. The van der Waals surface area contributed by atoms with E-state index in [0.29, 0.717) is 5.06 Å². The number of ether oxygens (including phenoxy) is 1. The highest BCUT2D eigenvalue weighted by Crippen LogP contribution is 2.23. The Morgan fingerprint density at radius 2 is 1.68 bits per heavy atom. The Hall–Kier alpha value is -2.25. The fraction of sp³-hybridized carbons (Fsp3) is 0.400. The van der Waals surface area contributed by atoms with Crippen LogP contribution in [0.2, 0.25) is 0 Å². The number of rotatable bonds is 4. The summed E-state index contributed by atoms with van der Waals surface area (Å²) in [6.07, 6.45) is -1.46. The molecule has 0 aromatic heterocycles. The van der Waals surface area contributed by atoms with Crippen LogP contribution in [0.4, 0.5) is 0 Å². The van der Waals surface area contributed by atoms with E-state index in [-0.39, 0.29) is 11.1 Å². The van der Waals surface area contributed by atoms with Crippen molar-refractivity contribution in [2.24, 2.45) is 0 Å². The summed E-state index contributed by atoms with van der Waals surface area (Å²) in [5, 5.41) is 9.75. The van der Waals surface area contributed by atoms with Crippen LogP contribution in [0.15, 0.2) is 24.3 Å². The predicted octanol–water partition coefficient (Wildman–Crippen LogP) is 0.917. The monoisotopic (exact) mass is 307 g/mol. The summed E-state index contributed by atoms with van der Waals surface area (Å²) < 4.78 is 5.08. The molecule has 2 amide bonds. The van der Waals surface area contributed by atoms with Crippen molar-refractivity contribution in [3.05, 3.63) is 35.4 Å². The summed E-state index contributed by atoms with van der Waals surface area (Å²) in [5.74, 6) is -2.21. The number of hydroxylamine groups is 2. The number of benzene rings is 1. The summed E-state index contributed by atoms with van der Waals surface area (Å²) in [6, 6.07) is 6.20. The highest BCUT2D eigenvalue weighted by Gasteiger charge is 2.40. The predicted molar refractivity (Wildman–Crippen MR) is 74.7 cm³/mol. The average Bonchev–Trinajstić information content (AvgIpc) is 2.67. The number of hydrogen-bond acceptors (Lipinski definition) is 6. The molecule has 0 aliphatic carbocycles. The Morgan fingerprint density at radius 3 is 2.09 bits per heavy atom. The topological polar surface area (TPSA) is 93.1 Å². The second-order valence-electron chi connectivity index (χ2n) is 5.76. The van der Waals surface area contributed by atoms with Gasteiger partial charge in [0.05, 0.1) is 17.7 Å². The van der Waals surface area contributed by atoms with Gasteiger partial charge in [0.2, 0.25) is 6.10 Å². The van der Waals surface area contributed by atoms with Crippen molar-refractivity contribution in [2.75, 3.05) is 6.61 Å². The smallest absolute Gasteiger partial charge is 0.341 e. The van der Waals surface area contributed by atoms with Crippen LogP contribution in [0.3, 0.4) is 0 Å². The van der Waals surface area contributed by atoms with Gasteiger partial charge in [-0.05, 0) is 32.9 Å². The minimum absolute atomic E-state index is 0.188. The molecule has 7 nitrogen and oxygen atoms in total. The van der Waals surface area contributed by atoms with Gasteiger partial charge in [-0.15, -0.1) is 5.06 Å². The van der Waals surface area contributed by atoms with Crippen LogP contribution in [0.25, 0.3) is 0 Å². The van der Waals surface area contributed by atoms with Gasteiger partial charge in [0.15, 0.2) is 0 Å². The van der Waals surface area contributed by atoms with Crippen LogP contribution in [0, 0.1) is 0 Å². The van der Waals surface area contributed by atoms with E-state index in [1.165, 1.54) is 12.1 Å². The fourth-order valence-electron chi connectivity index (χ4n) is 1.91. The molecule has 0 fully saturated rings. The maximum absolute atomic E-state index is 12.1. The van der Waals surface area contributed by atoms with Gasteiger partial charge in [0.1, 0.15) is 5.60 Å². The molecule has 0 saturated carbocycles. The first kappa shape index (κ1) is 16.1. The summed E-state index contributed by atoms with van der Waals surface area (Å²) >= 11 is 0. The average molecular weight is 307 g/mol. The van der Waals surface area contributed by atoms with E-state index in [0.717, 1.165) is 0 Å². The van der Waals surface area contributed by atoms with Gasteiger partial charge in [-0.2, -0.15) is 0 Å². The highest BCUT2D eigenvalue weighted by molar-refractivity contribution is 6.20. The van der Waals surface area contributed by atoms with E-state index in [4.69, 9.17) is 9.57 Å². The van der Waals surface area contributed by atoms with Crippen molar-refractivity contribution in [2.45, 2.75) is 32.5 Å². The van der Waals surface area contributed by atoms with Gasteiger partial charge in [-0.1, -0.05) is 12.1 Å². The second-order valence-corrected chi connectivity index (χ2v) is 5.76. The van der Waals surface area contributed by atoms with Gasteiger partial charge in [-0.25, -0.2) is 9.63 Å². The van der Waals surface area contributed by atoms with Gasteiger partial charge in [0, 0.05) is 0 Å². The lowest BCUT2D eigenvalue weighted by Gasteiger charge is -2.24. The lowest BCUT2D eigenvalue weighted by Crippen LogP contribution is -2.42. The van der Waals surface area contributed by atoms with Crippen molar-refractivity contribution in [3.8, 4) is 0 Å². The molecule has 1 heterocycles. The zero-order chi connectivity index (χ0) is 16.5. The maximum atomic E-state index is 12.1. The molecule has 0 spiro atoms. The minimum atomic E-state index is -1.46. The zero-order valence-electron chi connectivity index (χ0n) is 12.5. The first-order chi connectivity index (χ1) is 10.2. The molecule has 1 aliphatic heterocycles. The van der Waals surface area contributed by atoms with Crippen LogP contribution in [-0.2, 0) is 14.4 Å². The van der Waals surface area contributed by atoms with Crippen molar-refractivity contribution in [1.29, 1.82) is 0 Å². The van der Waals surface area contributed by atoms with Crippen molar-refractivity contribution in [3.63, 3.8) is 0 Å². The standard InChI is InChI=1S/C15H17NO6/c1-15(2,3)21-14(20)11(8-17)22-16-12(18)9-6-4-5-7-10(9)13(16)19/h4-7,11,17H,8H2,1-3H3/t11-/m1/s1. The largest absolute Gasteiger partial charge is 0.458 e. The van der Waals surface area contributed by atoms with Gasteiger partial charge < -0.3 is 9.84 Å². The summed E-state index contributed by atoms with van der Waals surface area (Å²) in [7, 11) is 0. The number of amides is 2. The maximum Gasteiger partial charge on any atom is 0.341 e. The highest BCUT2D eigenvalue weighted by atomic mass is 16.7. The van der Waals surface area contributed by atoms with Crippen molar-refractivity contribution >= 4 is 17.8 Å². The van der Waals surface area contributed by atoms with Crippen LogP contribution in [-0.4, -0.2) is 46.3 Å². The third-order valence-electron chi connectivity index (χ3n) is 2.82. The quantitative estimate of drug-likeness (QED) is 0.656. The minimum Gasteiger partial charge on any atom is -0.458 e. The number of carbonyl (C=O) groups excluding carboxylic acids is 3. The van der Waals surface area contributed by atoms with Crippen molar-refractivity contribution in [1.82, 2.24) is 5.06 Å².